The van der Waals surface area contributed by atoms with E-state index in [4.69, 9.17) is 14.2 Å². The number of unbranched alkanes of at least 4 members (excludes halogenated alkanes) is 44. The lowest BCUT2D eigenvalue weighted by Crippen LogP contribution is -2.30. The van der Waals surface area contributed by atoms with E-state index in [-0.39, 0.29) is 31.1 Å². The van der Waals surface area contributed by atoms with Gasteiger partial charge in [0.05, 0.1) is 0 Å². The van der Waals surface area contributed by atoms with Crippen LogP contribution in [0.25, 0.3) is 0 Å². The van der Waals surface area contributed by atoms with Gasteiger partial charge in [-0.2, -0.15) is 0 Å². The molecule has 77 heavy (non-hydrogen) atoms. The number of rotatable bonds is 63. The van der Waals surface area contributed by atoms with Crippen molar-refractivity contribution in [1.82, 2.24) is 0 Å². The Labute approximate surface area is 479 Å². The molecule has 0 amide bonds. The van der Waals surface area contributed by atoms with Gasteiger partial charge >= 0.3 is 17.9 Å². The van der Waals surface area contributed by atoms with Crippen LogP contribution in [0.2, 0.25) is 0 Å². The lowest BCUT2D eigenvalue weighted by Gasteiger charge is -2.18. The molecule has 0 aromatic heterocycles. The third kappa shape index (κ3) is 64.1. The van der Waals surface area contributed by atoms with E-state index in [0.717, 1.165) is 83.5 Å². The third-order valence-corrected chi connectivity index (χ3v) is 15.3. The van der Waals surface area contributed by atoms with Gasteiger partial charge in [-0.3, -0.25) is 14.4 Å². The van der Waals surface area contributed by atoms with E-state index in [9.17, 15) is 14.4 Å². The van der Waals surface area contributed by atoms with E-state index in [1.54, 1.807) is 0 Å². The molecule has 0 aliphatic carbocycles. The van der Waals surface area contributed by atoms with Crippen molar-refractivity contribution < 1.29 is 28.6 Å². The van der Waals surface area contributed by atoms with E-state index in [2.05, 4.69) is 69.4 Å². The van der Waals surface area contributed by atoms with Gasteiger partial charge in [0.2, 0.25) is 0 Å². The Bertz CT molecular complexity index is 1330. The minimum Gasteiger partial charge on any atom is -0.462 e. The van der Waals surface area contributed by atoms with Crippen molar-refractivity contribution in [3.8, 4) is 0 Å². The summed E-state index contributed by atoms with van der Waals surface area (Å²) in [7, 11) is 0. The maximum atomic E-state index is 12.9. The highest BCUT2D eigenvalue weighted by Gasteiger charge is 2.19. The molecule has 0 saturated heterocycles. The summed E-state index contributed by atoms with van der Waals surface area (Å²) in [5.41, 5.74) is 0. The highest BCUT2D eigenvalue weighted by molar-refractivity contribution is 5.71. The highest BCUT2D eigenvalue weighted by Crippen LogP contribution is 2.18. The minimum absolute atomic E-state index is 0.0650. The molecular weight excluding hydrogens is 949 g/mol. The predicted octanol–water partition coefficient (Wildman–Crippen LogP) is 23.3. The summed E-state index contributed by atoms with van der Waals surface area (Å²) in [5, 5.41) is 0. The molecule has 0 N–H and O–H groups in total. The highest BCUT2D eigenvalue weighted by atomic mass is 16.6. The number of ether oxygens (including phenoxy) is 3. The molecule has 6 heteroatoms. The Balaban J connectivity index is 4.12. The fourth-order valence-corrected chi connectivity index (χ4v) is 10.3. The quantitative estimate of drug-likeness (QED) is 0.0261. The van der Waals surface area contributed by atoms with Crippen LogP contribution in [0.5, 0.6) is 0 Å². The summed E-state index contributed by atoms with van der Waals surface area (Å²) in [5.74, 6) is -0.837. The molecule has 0 aromatic carbocycles. The zero-order chi connectivity index (χ0) is 55.7. The van der Waals surface area contributed by atoms with E-state index < -0.39 is 6.10 Å². The summed E-state index contributed by atoms with van der Waals surface area (Å²) >= 11 is 0. The van der Waals surface area contributed by atoms with Crippen molar-refractivity contribution >= 4 is 17.9 Å². The maximum Gasteiger partial charge on any atom is 0.306 e. The average molecular weight is 1080 g/mol. The zero-order valence-electron chi connectivity index (χ0n) is 51.7. The van der Waals surface area contributed by atoms with Crippen molar-refractivity contribution in [2.45, 2.75) is 374 Å². The van der Waals surface area contributed by atoms with Crippen LogP contribution < -0.4 is 0 Å². The Morgan fingerprint density at radius 2 is 0.506 bits per heavy atom. The van der Waals surface area contributed by atoms with Crippen molar-refractivity contribution in [2.75, 3.05) is 13.2 Å². The molecule has 1 unspecified atom stereocenters. The first-order valence-electron chi connectivity index (χ1n) is 34.1. The molecule has 0 heterocycles. The first-order chi connectivity index (χ1) is 38.0. The number of allylic oxidation sites excluding steroid dienone is 8. The molecule has 0 saturated carbocycles. The zero-order valence-corrected chi connectivity index (χ0v) is 51.7. The van der Waals surface area contributed by atoms with Gasteiger partial charge in [-0.25, -0.2) is 0 Å². The van der Waals surface area contributed by atoms with Crippen molar-refractivity contribution in [1.29, 1.82) is 0 Å². The SMILES string of the molecule is CC/C=C\C/C=C\C/C=C\C/C=C\CCCCCCCCCCCCCCCCCCCCC(=O)OCC(COC(=O)CCCCCCCCCCCCCCC)OC(=O)CCCCCCCCCCCCCCCCC. The van der Waals surface area contributed by atoms with Gasteiger partial charge in [0, 0.05) is 19.3 Å². The largest absolute Gasteiger partial charge is 0.462 e. The Hall–Kier alpha value is -2.63. The number of esters is 3. The lowest BCUT2D eigenvalue weighted by molar-refractivity contribution is -0.167. The molecule has 0 fully saturated rings. The van der Waals surface area contributed by atoms with Crippen LogP contribution in [0, 0.1) is 0 Å². The fourth-order valence-electron chi connectivity index (χ4n) is 10.3. The molecule has 0 radical (unpaired) electrons. The van der Waals surface area contributed by atoms with Crippen molar-refractivity contribution in [3.05, 3.63) is 48.6 Å². The van der Waals surface area contributed by atoms with Gasteiger partial charge in [-0.1, -0.05) is 339 Å². The summed E-state index contributed by atoms with van der Waals surface area (Å²) < 4.78 is 17.0. The van der Waals surface area contributed by atoms with Crippen LogP contribution in [0.3, 0.4) is 0 Å². The molecule has 0 aliphatic heterocycles. The average Bonchev–Trinajstić information content (AvgIpc) is 3.43. The van der Waals surface area contributed by atoms with Gasteiger partial charge in [0.15, 0.2) is 6.10 Å². The van der Waals surface area contributed by atoms with Crippen molar-refractivity contribution in [2.24, 2.45) is 0 Å². The van der Waals surface area contributed by atoms with Gasteiger partial charge < -0.3 is 14.2 Å². The van der Waals surface area contributed by atoms with E-state index in [1.807, 2.05) is 0 Å². The van der Waals surface area contributed by atoms with Crippen LogP contribution in [-0.4, -0.2) is 37.2 Å². The lowest BCUT2D eigenvalue weighted by atomic mass is 10.0. The molecule has 0 spiro atoms. The summed E-state index contributed by atoms with van der Waals surface area (Å²) in [6, 6.07) is 0. The van der Waals surface area contributed by atoms with E-state index in [1.165, 1.54) is 244 Å². The number of carbonyl (C=O) groups excluding carboxylic acids is 3. The molecule has 0 aromatic rings. The second kappa shape index (κ2) is 65.9. The molecule has 0 aliphatic rings. The van der Waals surface area contributed by atoms with Crippen LogP contribution in [0.1, 0.15) is 367 Å². The smallest absolute Gasteiger partial charge is 0.306 e. The minimum atomic E-state index is -0.767. The predicted molar refractivity (Wildman–Crippen MR) is 335 cm³/mol. The van der Waals surface area contributed by atoms with Gasteiger partial charge in [0.25, 0.3) is 0 Å². The Morgan fingerprint density at radius 1 is 0.273 bits per heavy atom. The summed E-state index contributed by atoms with van der Waals surface area (Å²) in [4.78, 5) is 38.3. The Kier molecular flexibility index (Phi) is 63.6. The first-order valence-corrected chi connectivity index (χ1v) is 34.1. The molecular formula is C71H130O6. The Morgan fingerprint density at radius 3 is 0.792 bits per heavy atom. The van der Waals surface area contributed by atoms with Crippen LogP contribution >= 0.6 is 0 Å². The first kappa shape index (κ1) is 74.4. The number of carbonyl (C=O) groups is 3. The van der Waals surface area contributed by atoms with E-state index >= 15 is 0 Å². The summed E-state index contributed by atoms with van der Waals surface area (Å²) in [6.45, 7) is 6.59. The summed E-state index contributed by atoms with van der Waals surface area (Å²) in [6.07, 6.45) is 82.8. The molecule has 0 rings (SSSR count). The second-order valence-electron chi connectivity index (χ2n) is 23.1. The normalized spacial score (nSPS) is 12.3. The molecule has 450 valence electrons. The standard InChI is InChI=1S/C71H130O6/c1-4-7-10-13-16-19-22-25-27-28-29-30-31-32-33-34-35-36-37-38-39-40-41-42-44-46-49-52-55-58-61-64-70(73)76-67-68(66-75-69(72)63-60-57-54-51-48-45-24-21-18-15-12-9-6-3)77-71(74)65-62-59-56-53-50-47-43-26-23-20-17-14-11-8-5-2/h7,10,16,19,25,27,29-30,68H,4-6,8-9,11-15,17-18,20-24,26,28,31-67H2,1-3H3/b10-7-,19-16-,27-25-,30-29-. The molecule has 1 atom stereocenters. The number of hydrogen-bond donors (Lipinski definition) is 0. The van der Waals surface area contributed by atoms with Crippen LogP contribution in [0.4, 0.5) is 0 Å². The monoisotopic (exact) mass is 1080 g/mol. The maximum absolute atomic E-state index is 12.9. The second-order valence-corrected chi connectivity index (χ2v) is 23.1. The topological polar surface area (TPSA) is 78.9 Å². The fraction of sp³-hybridized carbons (Fsp3) is 0.845. The van der Waals surface area contributed by atoms with Crippen molar-refractivity contribution in [3.63, 3.8) is 0 Å². The third-order valence-electron chi connectivity index (χ3n) is 15.3. The van der Waals surface area contributed by atoms with Crippen LogP contribution in [-0.2, 0) is 28.6 Å². The molecule has 6 nitrogen and oxygen atoms in total. The van der Waals surface area contributed by atoms with Crippen LogP contribution in [0.15, 0.2) is 48.6 Å². The van der Waals surface area contributed by atoms with Gasteiger partial charge in [-0.15, -0.1) is 0 Å². The molecule has 0 bridgehead atoms. The number of hydrogen-bond acceptors (Lipinski definition) is 6. The van der Waals surface area contributed by atoms with Gasteiger partial charge in [0.1, 0.15) is 13.2 Å². The van der Waals surface area contributed by atoms with Gasteiger partial charge in [-0.05, 0) is 57.8 Å². The van der Waals surface area contributed by atoms with E-state index in [0.29, 0.717) is 19.3 Å².